The highest BCUT2D eigenvalue weighted by atomic mass is 127. The molecule has 0 saturated carbocycles. The second kappa shape index (κ2) is 11.7. The van der Waals surface area contributed by atoms with Crippen molar-refractivity contribution in [2.75, 3.05) is 11.5 Å². The number of amides is 2. The van der Waals surface area contributed by atoms with Crippen molar-refractivity contribution >= 4 is 63.5 Å². The summed E-state index contributed by atoms with van der Waals surface area (Å²) in [5.74, 6) is 0.0905. The molecule has 4 rings (SSSR count). The SMILES string of the molecule is CCOc1cc(/C=C2\C(=O)NC(=S)N(c3ccc(CC)cc3)C2=O)ccc1OCc1ccc(I)cc1. The van der Waals surface area contributed by atoms with Gasteiger partial charge in [-0.1, -0.05) is 37.3 Å². The minimum Gasteiger partial charge on any atom is -0.490 e. The Morgan fingerprint density at radius 2 is 1.61 bits per heavy atom. The van der Waals surface area contributed by atoms with Crippen LogP contribution < -0.4 is 19.7 Å². The van der Waals surface area contributed by atoms with E-state index in [4.69, 9.17) is 21.7 Å². The molecule has 3 aromatic carbocycles. The standard InChI is InChI=1S/C28H25IN2O4S/c1-3-18-7-12-22(13-8-18)31-27(33)23(26(32)30-28(31)36)15-20-9-14-24(25(16-20)34-4-2)35-17-19-5-10-21(29)11-6-19/h5-16H,3-4,17H2,1-2H3,(H,30,32,36)/b23-15+. The van der Waals surface area contributed by atoms with Crippen LogP contribution in [0.5, 0.6) is 11.5 Å². The third-order valence-corrected chi connectivity index (χ3v) is 6.59. The molecule has 0 aromatic heterocycles. The van der Waals surface area contributed by atoms with Gasteiger partial charge in [-0.25, -0.2) is 0 Å². The van der Waals surface area contributed by atoms with Gasteiger partial charge in [0.15, 0.2) is 16.6 Å². The van der Waals surface area contributed by atoms with Crippen LogP contribution >= 0.6 is 34.8 Å². The first-order valence-corrected chi connectivity index (χ1v) is 13.0. The zero-order valence-corrected chi connectivity index (χ0v) is 22.9. The van der Waals surface area contributed by atoms with E-state index in [1.54, 1.807) is 18.2 Å². The lowest BCUT2D eigenvalue weighted by Gasteiger charge is -2.29. The molecule has 3 aromatic rings. The molecule has 1 N–H and O–H groups in total. The fraction of sp³-hybridized carbons (Fsp3) is 0.179. The van der Waals surface area contributed by atoms with E-state index in [0.29, 0.717) is 36.0 Å². The van der Waals surface area contributed by atoms with Crippen molar-refractivity contribution in [3.63, 3.8) is 0 Å². The molecule has 0 atom stereocenters. The molecule has 0 bridgehead atoms. The number of carbonyl (C=O) groups excluding carboxylic acids is 2. The van der Waals surface area contributed by atoms with Crippen molar-refractivity contribution in [2.24, 2.45) is 0 Å². The lowest BCUT2D eigenvalue weighted by Crippen LogP contribution is -2.54. The van der Waals surface area contributed by atoms with Crippen molar-refractivity contribution in [1.29, 1.82) is 0 Å². The van der Waals surface area contributed by atoms with Crippen molar-refractivity contribution < 1.29 is 19.1 Å². The van der Waals surface area contributed by atoms with E-state index in [9.17, 15) is 9.59 Å². The number of carbonyl (C=O) groups is 2. The number of thiocarbonyl (C=S) groups is 1. The zero-order valence-electron chi connectivity index (χ0n) is 19.9. The molecule has 1 saturated heterocycles. The Morgan fingerprint density at radius 1 is 0.917 bits per heavy atom. The van der Waals surface area contributed by atoms with Crippen molar-refractivity contribution in [1.82, 2.24) is 5.32 Å². The summed E-state index contributed by atoms with van der Waals surface area (Å²) in [6.07, 6.45) is 2.42. The van der Waals surface area contributed by atoms with Gasteiger partial charge in [0.25, 0.3) is 11.8 Å². The van der Waals surface area contributed by atoms with E-state index in [-0.39, 0.29) is 10.7 Å². The van der Waals surface area contributed by atoms with Gasteiger partial charge in [0.1, 0.15) is 12.2 Å². The number of hydrogen-bond donors (Lipinski definition) is 1. The van der Waals surface area contributed by atoms with Crippen molar-refractivity contribution in [3.8, 4) is 11.5 Å². The second-order valence-electron chi connectivity index (χ2n) is 8.03. The average molecular weight is 612 g/mol. The first kappa shape index (κ1) is 25.8. The molecular formula is C28H25IN2O4S. The number of rotatable bonds is 8. The molecule has 0 spiro atoms. The van der Waals surface area contributed by atoms with E-state index in [2.05, 4.69) is 34.8 Å². The van der Waals surface area contributed by atoms with Gasteiger partial charge < -0.3 is 9.47 Å². The molecule has 36 heavy (non-hydrogen) atoms. The zero-order chi connectivity index (χ0) is 25.7. The number of nitrogens with one attached hydrogen (secondary N) is 1. The van der Waals surface area contributed by atoms with E-state index < -0.39 is 11.8 Å². The highest BCUT2D eigenvalue weighted by molar-refractivity contribution is 14.1. The first-order chi connectivity index (χ1) is 17.4. The number of anilines is 1. The van der Waals surface area contributed by atoms with Gasteiger partial charge in [0, 0.05) is 3.57 Å². The maximum absolute atomic E-state index is 13.3. The molecule has 1 heterocycles. The summed E-state index contributed by atoms with van der Waals surface area (Å²) in [5, 5.41) is 2.68. The van der Waals surface area contributed by atoms with E-state index in [1.165, 1.54) is 11.0 Å². The summed E-state index contributed by atoms with van der Waals surface area (Å²) in [5.41, 5.74) is 3.39. The van der Waals surface area contributed by atoms with E-state index >= 15 is 0 Å². The van der Waals surface area contributed by atoms with Crippen LogP contribution in [-0.2, 0) is 22.6 Å². The van der Waals surface area contributed by atoms with Crippen LogP contribution in [0.4, 0.5) is 5.69 Å². The number of halogens is 1. The molecule has 1 aliphatic rings. The third-order valence-electron chi connectivity index (χ3n) is 5.59. The summed E-state index contributed by atoms with van der Waals surface area (Å²) < 4.78 is 12.9. The minimum atomic E-state index is -0.538. The molecule has 8 heteroatoms. The van der Waals surface area contributed by atoms with Crippen LogP contribution in [-0.4, -0.2) is 23.5 Å². The molecular weight excluding hydrogens is 587 g/mol. The first-order valence-electron chi connectivity index (χ1n) is 11.5. The summed E-state index contributed by atoms with van der Waals surface area (Å²) in [7, 11) is 0. The van der Waals surface area contributed by atoms with Gasteiger partial charge in [0.2, 0.25) is 0 Å². The van der Waals surface area contributed by atoms with Crippen LogP contribution in [0.1, 0.15) is 30.5 Å². The number of nitrogens with zero attached hydrogens (tertiary/aromatic N) is 1. The highest BCUT2D eigenvalue weighted by Crippen LogP contribution is 2.31. The number of aryl methyl sites for hydroxylation is 1. The van der Waals surface area contributed by atoms with Crippen LogP contribution in [0.15, 0.2) is 72.3 Å². The van der Waals surface area contributed by atoms with Crippen LogP contribution in [0.2, 0.25) is 0 Å². The van der Waals surface area contributed by atoms with Crippen LogP contribution in [0.3, 0.4) is 0 Å². The Kier molecular flexibility index (Phi) is 8.37. The predicted molar refractivity (Wildman–Crippen MR) is 153 cm³/mol. The Bertz CT molecular complexity index is 1320. The molecule has 2 amide bonds. The maximum atomic E-state index is 13.3. The van der Waals surface area contributed by atoms with Crippen LogP contribution in [0.25, 0.3) is 6.08 Å². The highest BCUT2D eigenvalue weighted by Gasteiger charge is 2.34. The summed E-state index contributed by atoms with van der Waals surface area (Å²) in [6.45, 7) is 4.77. The lowest BCUT2D eigenvalue weighted by molar-refractivity contribution is -0.122. The Labute approximate surface area is 229 Å². The molecule has 1 fully saturated rings. The topological polar surface area (TPSA) is 67.9 Å². The Morgan fingerprint density at radius 3 is 2.28 bits per heavy atom. The Balaban J connectivity index is 1.59. The monoisotopic (exact) mass is 612 g/mol. The maximum Gasteiger partial charge on any atom is 0.270 e. The quantitative estimate of drug-likeness (QED) is 0.154. The average Bonchev–Trinajstić information content (AvgIpc) is 2.87. The number of hydrogen-bond acceptors (Lipinski definition) is 5. The van der Waals surface area contributed by atoms with Gasteiger partial charge in [-0.3, -0.25) is 19.8 Å². The second-order valence-corrected chi connectivity index (χ2v) is 9.66. The van der Waals surface area contributed by atoms with Gasteiger partial charge >= 0.3 is 0 Å². The number of ether oxygens (including phenoxy) is 2. The Hall–Kier alpha value is -3.24. The normalized spacial score (nSPS) is 14.7. The van der Waals surface area contributed by atoms with Crippen molar-refractivity contribution in [2.45, 2.75) is 26.9 Å². The van der Waals surface area contributed by atoms with Gasteiger partial charge in [-0.2, -0.15) is 0 Å². The largest absolute Gasteiger partial charge is 0.490 e. The fourth-order valence-corrected chi connectivity index (χ4v) is 4.32. The molecule has 0 radical (unpaired) electrons. The van der Waals surface area contributed by atoms with Gasteiger partial charge in [-0.15, -0.1) is 0 Å². The van der Waals surface area contributed by atoms with Crippen molar-refractivity contribution in [3.05, 3.63) is 92.6 Å². The van der Waals surface area contributed by atoms with Gasteiger partial charge in [-0.05, 0) is 107 Å². The molecule has 0 unspecified atom stereocenters. The fourth-order valence-electron chi connectivity index (χ4n) is 3.68. The minimum absolute atomic E-state index is 0.0156. The summed E-state index contributed by atoms with van der Waals surface area (Å²) >= 11 is 7.56. The molecule has 1 aliphatic heterocycles. The molecule has 0 aliphatic carbocycles. The molecule has 6 nitrogen and oxygen atoms in total. The van der Waals surface area contributed by atoms with Gasteiger partial charge in [0.05, 0.1) is 12.3 Å². The third kappa shape index (κ3) is 5.93. The van der Waals surface area contributed by atoms with Crippen LogP contribution in [0, 0.1) is 3.57 Å². The smallest absolute Gasteiger partial charge is 0.270 e. The summed E-state index contributed by atoms with van der Waals surface area (Å²) in [4.78, 5) is 27.3. The number of benzene rings is 3. The van der Waals surface area contributed by atoms with E-state index in [1.807, 2.05) is 55.5 Å². The molecule has 184 valence electrons. The predicted octanol–water partition coefficient (Wildman–Crippen LogP) is 5.66. The van der Waals surface area contributed by atoms with E-state index in [0.717, 1.165) is 21.1 Å². The summed E-state index contributed by atoms with van der Waals surface area (Å²) in [6, 6.07) is 20.9. The lowest BCUT2D eigenvalue weighted by atomic mass is 10.1.